The molecule has 0 aliphatic carbocycles. The van der Waals surface area contributed by atoms with Gasteiger partial charge in [-0.2, -0.15) is 0 Å². The number of aromatic nitrogens is 1. The lowest BCUT2D eigenvalue weighted by atomic mass is 10.4. The number of hydrogen-bond donors (Lipinski definition) is 2. The molecule has 0 radical (unpaired) electrons. The number of terminal acetylenes is 1. The molecule has 6 heteroatoms. The fourth-order valence-electron chi connectivity index (χ4n) is 1.06. The van der Waals surface area contributed by atoms with Gasteiger partial charge in [-0.25, -0.2) is 9.78 Å². The number of carbonyl (C=O) groups excluding carboxylic acids is 1. The van der Waals surface area contributed by atoms with Crippen molar-refractivity contribution in [1.29, 1.82) is 0 Å². The lowest BCUT2D eigenvalue weighted by Crippen LogP contribution is -2.21. The van der Waals surface area contributed by atoms with Crippen LogP contribution in [0.1, 0.15) is 26.8 Å². The summed E-state index contributed by atoms with van der Waals surface area (Å²) in [5.41, 5.74) is 0.457. The Morgan fingerprint density at radius 2 is 2.31 bits per heavy atom. The number of carbonyl (C=O) groups is 2. The number of carboxylic acids is 1. The third-order valence-corrected chi connectivity index (χ3v) is 2.88. The number of amides is 1. The highest BCUT2D eigenvalue weighted by atomic mass is 32.1. The van der Waals surface area contributed by atoms with E-state index in [1.165, 1.54) is 0 Å². The molecular formula is C10H10N2O3S. The molecule has 1 rings (SSSR count). The van der Waals surface area contributed by atoms with Crippen molar-refractivity contribution >= 4 is 23.2 Å². The molecular weight excluding hydrogens is 228 g/mol. The molecule has 0 atom stereocenters. The third-order valence-electron chi connectivity index (χ3n) is 1.73. The van der Waals surface area contributed by atoms with Crippen LogP contribution in [0.4, 0.5) is 0 Å². The maximum absolute atomic E-state index is 11.0. The van der Waals surface area contributed by atoms with Crippen LogP contribution in [0, 0.1) is 19.3 Å². The molecule has 5 nitrogen and oxygen atoms in total. The molecule has 84 valence electrons. The van der Waals surface area contributed by atoms with E-state index in [0.29, 0.717) is 10.7 Å². The highest BCUT2D eigenvalue weighted by Crippen LogP contribution is 2.17. The number of nitrogens with zero attached hydrogens (tertiary/aromatic N) is 1. The second kappa shape index (κ2) is 5.28. The summed E-state index contributed by atoms with van der Waals surface area (Å²) in [6.45, 7) is 1.83. The summed E-state index contributed by atoms with van der Waals surface area (Å²) in [5.74, 6) is 0.941. The first-order valence-electron chi connectivity index (χ1n) is 4.44. The highest BCUT2D eigenvalue weighted by molar-refractivity contribution is 7.13. The molecule has 1 amide bonds. The fraction of sp³-hybridized carbons (Fsp3) is 0.300. The third kappa shape index (κ3) is 3.07. The van der Waals surface area contributed by atoms with Crippen molar-refractivity contribution < 1.29 is 14.7 Å². The predicted molar refractivity (Wildman–Crippen MR) is 59.1 cm³/mol. The molecule has 2 N–H and O–H groups in total. The van der Waals surface area contributed by atoms with Crippen LogP contribution in [0.15, 0.2) is 0 Å². The normalized spacial score (nSPS) is 9.50. The van der Waals surface area contributed by atoms with Gasteiger partial charge in [0, 0.05) is 0 Å². The molecule has 0 spiro atoms. The second-order valence-corrected chi connectivity index (χ2v) is 4.07. The lowest BCUT2D eigenvalue weighted by Gasteiger charge is -1.98. The Morgan fingerprint density at radius 1 is 1.62 bits per heavy atom. The van der Waals surface area contributed by atoms with Gasteiger partial charge in [0.1, 0.15) is 9.88 Å². The average molecular weight is 238 g/mol. The van der Waals surface area contributed by atoms with E-state index in [1.807, 2.05) is 0 Å². The van der Waals surface area contributed by atoms with Gasteiger partial charge in [0.25, 0.3) is 0 Å². The highest BCUT2D eigenvalue weighted by Gasteiger charge is 2.13. The Bertz CT molecular complexity index is 459. The summed E-state index contributed by atoms with van der Waals surface area (Å²) in [7, 11) is 0. The first-order chi connectivity index (χ1) is 7.54. The van der Waals surface area contributed by atoms with Gasteiger partial charge in [0.05, 0.1) is 18.7 Å². The van der Waals surface area contributed by atoms with Crippen LogP contribution in [0.25, 0.3) is 0 Å². The van der Waals surface area contributed by atoms with Gasteiger partial charge < -0.3 is 10.4 Å². The minimum atomic E-state index is -1.00. The zero-order valence-electron chi connectivity index (χ0n) is 8.61. The van der Waals surface area contributed by atoms with E-state index in [1.54, 1.807) is 6.92 Å². The predicted octanol–water partition coefficient (Wildman–Crippen LogP) is 0.789. The van der Waals surface area contributed by atoms with Crippen molar-refractivity contribution in [2.45, 2.75) is 19.9 Å². The van der Waals surface area contributed by atoms with Crippen molar-refractivity contribution in [3.05, 3.63) is 15.6 Å². The van der Waals surface area contributed by atoms with Crippen molar-refractivity contribution in [1.82, 2.24) is 10.3 Å². The van der Waals surface area contributed by atoms with Crippen molar-refractivity contribution in [2.24, 2.45) is 0 Å². The summed E-state index contributed by atoms with van der Waals surface area (Å²) in [5, 5.41) is 11.9. The first kappa shape index (κ1) is 12.2. The van der Waals surface area contributed by atoms with E-state index in [-0.39, 0.29) is 23.7 Å². The number of rotatable bonds is 4. The summed E-state index contributed by atoms with van der Waals surface area (Å²) in [6, 6.07) is 0. The van der Waals surface area contributed by atoms with E-state index < -0.39 is 5.97 Å². The molecule has 0 unspecified atom stereocenters. The molecule has 1 heterocycles. The standard InChI is InChI=1S/C10H10N2O3S/c1-3-4-7(13)11-5-8-12-6(2)9(16-8)10(14)15/h1H,4-5H2,2H3,(H,11,13)(H,14,15). The van der Waals surface area contributed by atoms with Gasteiger partial charge in [-0.1, -0.05) is 5.92 Å². The van der Waals surface area contributed by atoms with Gasteiger partial charge in [0.2, 0.25) is 5.91 Å². The maximum atomic E-state index is 11.0. The second-order valence-electron chi connectivity index (χ2n) is 2.98. The van der Waals surface area contributed by atoms with E-state index in [4.69, 9.17) is 11.5 Å². The molecule has 0 aliphatic rings. The molecule has 0 fully saturated rings. The zero-order chi connectivity index (χ0) is 12.1. The molecule has 1 aromatic rings. The molecule has 0 saturated carbocycles. The minimum Gasteiger partial charge on any atom is -0.477 e. The van der Waals surface area contributed by atoms with Gasteiger partial charge in [-0.15, -0.1) is 17.8 Å². The summed E-state index contributed by atoms with van der Waals surface area (Å²) in [6.07, 6.45) is 4.97. The van der Waals surface area contributed by atoms with Gasteiger partial charge in [-0.05, 0) is 6.92 Å². The van der Waals surface area contributed by atoms with E-state index >= 15 is 0 Å². The summed E-state index contributed by atoms with van der Waals surface area (Å²) < 4.78 is 0. The number of thiazole rings is 1. The van der Waals surface area contributed by atoms with Crippen LogP contribution in [0.5, 0.6) is 0 Å². The summed E-state index contributed by atoms with van der Waals surface area (Å²) in [4.78, 5) is 26.0. The van der Waals surface area contributed by atoms with Gasteiger partial charge in [-0.3, -0.25) is 4.79 Å². The van der Waals surface area contributed by atoms with Crippen LogP contribution >= 0.6 is 11.3 Å². The van der Waals surface area contributed by atoms with Crippen LogP contribution in [-0.2, 0) is 11.3 Å². The zero-order valence-corrected chi connectivity index (χ0v) is 9.43. The monoisotopic (exact) mass is 238 g/mol. The van der Waals surface area contributed by atoms with Crippen molar-refractivity contribution in [3.8, 4) is 12.3 Å². The number of nitrogens with one attached hydrogen (secondary N) is 1. The SMILES string of the molecule is C#CCC(=O)NCc1nc(C)c(C(=O)O)s1. The largest absolute Gasteiger partial charge is 0.477 e. The topological polar surface area (TPSA) is 79.3 Å². The molecule has 0 aromatic carbocycles. The smallest absolute Gasteiger partial charge is 0.347 e. The fourth-order valence-corrected chi connectivity index (χ4v) is 1.90. The molecule has 0 saturated heterocycles. The first-order valence-corrected chi connectivity index (χ1v) is 5.26. The Labute approximate surface area is 96.5 Å². The van der Waals surface area contributed by atoms with Crippen molar-refractivity contribution in [3.63, 3.8) is 0 Å². The van der Waals surface area contributed by atoms with Gasteiger partial charge >= 0.3 is 5.97 Å². The molecule has 0 aliphatic heterocycles. The molecule has 16 heavy (non-hydrogen) atoms. The van der Waals surface area contributed by atoms with Crippen LogP contribution in [-0.4, -0.2) is 22.0 Å². The van der Waals surface area contributed by atoms with Crippen LogP contribution < -0.4 is 5.32 Å². The van der Waals surface area contributed by atoms with Crippen molar-refractivity contribution in [2.75, 3.05) is 0 Å². The Balaban J connectivity index is 2.63. The maximum Gasteiger partial charge on any atom is 0.347 e. The quantitative estimate of drug-likeness (QED) is 0.760. The van der Waals surface area contributed by atoms with Crippen LogP contribution in [0.3, 0.4) is 0 Å². The van der Waals surface area contributed by atoms with E-state index in [0.717, 1.165) is 11.3 Å². The minimum absolute atomic E-state index is 0.0101. The number of hydrogen-bond acceptors (Lipinski definition) is 4. The number of carboxylic acid groups (broad SMARTS) is 1. The molecule has 1 aromatic heterocycles. The lowest BCUT2D eigenvalue weighted by molar-refractivity contribution is -0.120. The summed E-state index contributed by atoms with van der Waals surface area (Å²) >= 11 is 1.05. The number of aromatic carboxylic acids is 1. The van der Waals surface area contributed by atoms with Gasteiger partial charge in [0.15, 0.2) is 0 Å². The van der Waals surface area contributed by atoms with E-state index in [9.17, 15) is 9.59 Å². The Hall–Kier alpha value is -1.87. The Kier molecular flexibility index (Phi) is 4.03. The molecule has 0 bridgehead atoms. The van der Waals surface area contributed by atoms with Crippen LogP contribution in [0.2, 0.25) is 0 Å². The average Bonchev–Trinajstić information content (AvgIpc) is 2.57. The number of aryl methyl sites for hydroxylation is 1. The Morgan fingerprint density at radius 3 is 2.81 bits per heavy atom. The van der Waals surface area contributed by atoms with E-state index in [2.05, 4.69) is 16.2 Å².